The maximum Gasteiger partial charge on any atom is 0.261 e. The minimum absolute atomic E-state index is 0. The molecule has 0 bridgehead atoms. The number of guanidine groups is 1. The van der Waals surface area contributed by atoms with Crippen LogP contribution < -0.4 is 16.0 Å². The molecule has 25 heavy (non-hydrogen) atoms. The molecular weight excluding hydrogens is 449 g/mol. The van der Waals surface area contributed by atoms with Crippen molar-refractivity contribution in [2.24, 2.45) is 4.99 Å². The van der Waals surface area contributed by atoms with Gasteiger partial charge in [-0.05, 0) is 36.9 Å². The molecule has 0 aromatic carbocycles. The van der Waals surface area contributed by atoms with Crippen LogP contribution in [-0.4, -0.2) is 36.5 Å². The molecule has 0 radical (unpaired) electrons. The molecule has 1 amide bonds. The summed E-state index contributed by atoms with van der Waals surface area (Å²) in [5.74, 6) is 0.744. The predicted octanol–water partition coefficient (Wildman–Crippen LogP) is 2.64. The van der Waals surface area contributed by atoms with Crippen LogP contribution in [0.15, 0.2) is 46.9 Å². The second-order valence-corrected chi connectivity index (χ2v) is 5.98. The van der Waals surface area contributed by atoms with Crippen molar-refractivity contribution in [1.82, 2.24) is 20.9 Å². The highest BCUT2D eigenvalue weighted by atomic mass is 127. The first-order valence-electron chi connectivity index (χ1n) is 8.03. The van der Waals surface area contributed by atoms with Gasteiger partial charge in [0.25, 0.3) is 5.91 Å². The first kappa shape index (κ1) is 21.4. The SMILES string of the molecule is CCNC(=NCc1ccccn1)NCCCNC(=O)c1cccs1.I. The largest absolute Gasteiger partial charge is 0.357 e. The molecule has 8 heteroatoms. The molecule has 0 saturated heterocycles. The Morgan fingerprint density at radius 1 is 1.16 bits per heavy atom. The Balaban J connectivity index is 0.00000312. The molecule has 0 atom stereocenters. The molecule has 0 fully saturated rings. The average Bonchev–Trinajstić information content (AvgIpc) is 3.15. The monoisotopic (exact) mass is 473 g/mol. The van der Waals surface area contributed by atoms with Gasteiger partial charge in [0, 0.05) is 25.8 Å². The fourth-order valence-corrected chi connectivity index (χ4v) is 2.63. The van der Waals surface area contributed by atoms with E-state index < -0.39 is 0 Å². The maximum absolute atomic E-state index is 11.8. The zero-order valence-corrected chi connectivity index (χ0v) is 17.3. The van der Waals surface area contributed by atoms with Crippen molar-refractivity contribution in [2.45, 2.75) is 19.9 Å². The summed E-state index contributed by atoms with van der Waals surface area (Å²) in [4.78, 5) is 21.3. The van der Waals surface area contributed by atoms with Crippen LogP contribution in [0.1, 0.15) is 28.7 Å². The molecule has 3 N–H and O–H groups in total. The van der Waals surface area contributed by atoms with E-state index in [0.717, 1.165) is 36.0 Å². The predicted molar refractivity (Wildman–Crippen MR) is 114 cm³/mol. The lowest BCUT2D eigenvalue weighted by molar-refractivity contribution is 0.0957. The van der Waals surface area contributed by atoms with Crippen LogP contribution in [0.2, 0.25) is 0 Å². The van der Waals surface area contributed by atoms with E-state index in [1.165, 1.54) is 11.3 Å². The summed E-state index contributed by atoms with van der Waals surface area (Å²) in [6, 6.07) is 9.50. The number of pyridine rings is 1. The summed E-state index contributed by atoms with van der Waals surface area (Å²) in [7, 11) is 0. The van der Waals surface area contributed by atoms with E-state index in [-0.39, 0.29) is 29.9 Å². The van der Waals surface area contributed by atoms with Crippen LogP contribution in [0.3, 0.4) is 0 Å². The summed E-state index contributed by atoms with van der Waals surface area (Å²) < 4.78 is 0. The fourth-order valence-electron chi connectivity index (χ4n) is 1.99. The molecule has 0 unspecified atom stereocenters. The molecule has 2 aromatic heterocycles. The first-order chi connectivity index (χ1) is 11.8. The lowest BCUT2D eigenvalue weighted by Crippen LogP contribution is -2.38. The lowest BCUT2D eigenvalue weighted by atomic mass is 10.3. The van der Waals surface area contributed by atoms with Gasteiger partial charge < -0.3 is 16.0 Å². The van der Waals surface area contributed by atoms with E-state index in [1.807, 2.05) is 42.6 Å². The highest BCUT2D eigenvalue weighted by Crippen LogP contribution is 2.07. The first-order valence-corrected chi connectivity index (χ1v) is 8.91. The van der Waals surface area contributed by atoms with Gasteiger partial charge in [0.2, 0.25) is 0 Å². The Labute approximate surface area is 169 Å². The molecule has 0 saturated carbocycles. The second-order valence-electron chi connectivity index (χ2n) is 5.03. The van der Waals surface area contributed by atoms with Gasteiger partial charge in [-0.1, -0.05) is 12.1 Å². The molecule has 0 aliphatic heterocycles. The number of rotatable bonds is 8. The molecule has 2 heterocycles. The van der Waals surface area contributed by atoms with E-state index in [9.17, 15) is 4.79 Å². The molecule has 136 valence electrons. The Hall–Kier alpha value is -1.68. The topological polar surface area (TPSA) is 78.4 Å². The number of aromatic nitrogens is 1. The summed E-state index contributed by atoms with van der Waals surface area (Å²) in [5.41, 5.74) is 0.929. The Kier molecular flexibility index (Phi) is 10.8. The summed E-state index contributed by atoms with van der Waals surface area (Å²) in [6.45, 7) is 4.72. The Morgan fingerprint density at radius 3 is 2.68 bits per heavy atom. The molecule has 0 aliphatic carbocycles. The fraction of sp³-hybridized carbons (Fsp3) is 0.353. The van der Waals surface area contributed by atoms with Crippen LogP contribution in [0, 0.1) is 0 Å². The van der Waals surface area contributed by atoms with Gasteiger partial charge in [-0.15, -0.1) is 35.3 Å². The van der Waals surface area contributed by atoms with E-state index >= 15 is 0 Å². The second kappa shape index (κ2) is 12.6. The maximum atomic E-state index is 11.8. The van der Waals surface area contributed by atoms with Crippen LogP contribution in [0.25, 0.3) is 0 Å². The van der Waals surface area contributed by atoms with Crippen molar-refractivity contribution in [2.75, 3.05) is 19.6 Å². The Morgan fingerprint density at radius 2 is 2.00 bits per heavy atom. The zero-order valence-electron chi connectivity index (χ0n) is 14.2. The molecule has 2 rings (SSSR count). The van der Waals surface area contributed by atoms with Gasteiger partial charge >= 0.3 is 0 Å². The van der Waals surface area contributed by atoms with Gasteiger partial charge in [0.05, 0.1) is 17.1 Å². The third-order valence-electron chi connectivity index (χ3n) is 3.15. The molecule has 2 aromatic rings. The van der Waals surface area contributed by atoms with E-state index in [4.69, 9.17) is 0 Å². The summed E-state index contributed by atoms with van der Waals surface area (Å²) in [6.07, 6.45) is 2.59. The smallest absolute Gasteiger partial charge is 0.261 e. The van der Waals surface area contributed by atoms with Crippen molar-refractivity contribution >= 4 is 47.2 Å². The number of hydrogen-bond acceptors (Lipinski definition) is 4. The van der Waals surface area contributed by atoms with Crippen molar-refractivity contribution in [3.63, 3.8) is 0 Å². The highest BCUT2D eigenvalue weighted by molar-refractivity contribution is 14.0. The minimum atomic E-state index is -0.0132. The number of halogens is 1. The number of nitrogens with one attached hydrogen (secondary N) is 3. The third-order valence-corrected chi connectivity index (χ3v) is 4.01. The van der Waals surface area contributed by atoms with Crippen LogP contribution in [0.5, 0.6) is 0 Å². The molecule has 0 aliphatic rings. The Bertz CT molecular complexity index is 634. The quantitative estimate of drug-likeness (QED) is 0.239. The average molecular weight is 473 g/mol. The van der Waals surface area contributed by atoms with Crippen LogP contribution >= 0.6 is 35.3 Å². The van der Waals surface area contributed by atoms with Gasteiger partial charge in [-0.3, -0.25) is 9.78 Å². The third kappa shape index (κ3) is 8.30. The van der Waals surface area contributed by atoms with Crippen LogP contribution in [-0.2, 0) is 6.54 Å². The van der Waals surface area contributed by atoms with Gasteiger partial charge in [-0.25, -0.2) is 4.99 Å². The molecule has 0 spiro atoms. The molecular formula is C17H24IN5OS. The molecule has 6 nitrogen and oxygen atoms in total. The van der Waals surface area contributed by atoms with Gasteiger partial charge in [0.15, 0.2) is 5.96 Å². The van der Waals surface area contributed by atoms with E-state index in [0.29, 0.717) is 13.1 Å². The normalized spacial score (nSPS) is 10.7. The lowest BCUT2D eigenvalue weighted by Gasteiger charge is -2.11. The number of carbonyl (C=O) groups excluding carboxylic acids is 1. The number of nitrogens with zero attached hydrogens (tertiary/aromatic N) is 2. The van der Waals surface area contributed by atoms with Crippen LogP contribution in [0.4, 0.5) is 0 Å². The standard InChI is InChI=1S/C17H23N5OS.HI/c1-2-18-17(22-13-14-7-3-4-9-19-14)21-11-6-10-20-16(23)15-8-5-12-24-15;/h3-5,7-9,12H,2,6,10-11,13H2,1H3,(H,20,23)(H2,18,21,22);1H. The van der Waals surface area contributed by atoms with E-state index in [1.54, 1.807) is 6.20 Å². The number of carbonyl (C=O) groups is 1. The minimum Gasteiger partial charge on any atom is -0.357 e. The van der Waals surface area contributed by atoms with Crippen molar-refractivity contribution in [1.29, 1.82) is 0 Å². The highest BCUT2D eigenvalue weighted by Gasteiger charge is 2.04. The summed E-state index contributed by atoms with van der Waals surface area (Å²) in [5, 5.41) is 11.3. The van der Waals surface area contributed by atoms with Gasteiger partial charge in [0.1, 0.15) is 0 Å². The zero-order chi connectivity index (χ0) is 17.0. The van der Waals surface area contributed by atoms with Crippen molar-refractivity contribution < 1.29 is 4.79 Å². The number of aliphatic imine (C=N–C) groups is 1. The number of amides is 1. The number of thiophene rings is 1. The summed E-state index contributed by atoms with van der Waals surface area (Å²) >= 11 is 1.45. The van der Waals surface area contributed by atoms with Crippen molar-refractivity contribution in [3.8, 4) is 0 Å². The van der Waals surface area contributed by atoms with E-state index in [2.05, 4.69) is 25.9 Å². The van der Waals surface area contributed by atoms with Gasteiger partial charge in [-0.2, -0.15) is 0 Å². The number of hydrogen-bond donors (Lipinski definition) is 3. The van der Waals surface area contributed by atoms with Crippen molar-refractivity contribution in [3.05, 3.63) is 52.5 Å².